The number of nitrogens with zero attached hydrogens (tertiary/aromatic N) is 1. The molecule has 1 aromatic rings. The first kappa shape index (κ1) is 15.3. The average Bonchev–Trinajstić information content (AvgIpc) is 2.45. The monoisotopic (exact) mass is 301 g/mol. The Balaban J connectivity index is 2.35. The number of hydrogen-bond acceptors (Lipinski definition) is 2. The molecule has 1 N–H and O–H groups in total. The highest BCUT2D eigenvalue weighted by Gasteiger charge is 2.49. The number of piperidine rings is 1. The largest absolute Gasteiger partial charge is 0.480 e. The van der Waals surface area contributed by atoms with Crippen molar-refractivity contribution in [3.8, 4) is 0 Å². The second kappa shape index (κ2) is 5.75. The molecule has 0 radical (unpaired) electrons. The number of carbonyl (C=O) groups excluding carboxylic acids is 1. The van der Waals surface area contributed by atoms with Gasteiger partial charge in [0.05, 0.1) is 0 Å². The first-order valence-corrected chi connectivity index (χ1v) is 6.48. The van der Waals surface area contributed by atoms with Crippen LogP contribution in [0.4, 0.5) is 13.2 Å². The number of aliphatic carboxylic acids is 1. The maximum absolute atomic E-state index is 12.6. The van der Waals surface area contributed by atoms with Gasteiger partial charge in [-0.25, -0.2) is 4.79 Å². The van der Waals surface area contributed by atoms with E-state index in [1.54, 1.807) is 30.3 Å². The van der Waals surface area contributed by atoms with Gasteiger partial charge >= 0.3 is 18.1 Å². The van der Waals surface area contributed by atoms with E-state index in [1.807, 2.05) is 0 Å². The fourth-order valence-corrected chi connectivity index (χ4v) is 2.74. The Labute approximate surface area is 119 Å². The summed E-state index contributed by atoms with van der Waals surface area (Å²) in [5.41, 5.74) is 0.629. The number of hydrogen-bond donors (Lipinski definition) is 1. The zero-order valence-electron chi connectivity index (χ0n) is 11.0. The minimum atomic E-state index is -5.06. The average molecular weight is 301 g/mol. The standard InChI is InChI=1S/C14H14F3NO3/c15-14(16,17)13(21)18-8-4-7-10(11(18)12(19)20)9-5-2-1-3-6-9/h1-3,5-6,10-11H,4,7-8H2,(H,19,20)/t10-,11+/m1/s1. The molecule has 1 heterocycles. The van der Waals surface area contributed by atoms with Crippen LogP contribution in [0.1, 0.15) is 24.3 Å². The molecule has 1 aliphatic heterocycles. The van der Waals surface area contributed by atoms with Crippen LogP contribution in [0.5, 0.6) is 0 Å². The van der Waals surface area contributed by atoms with Gasteiger partial charge in [0, 0.05) is 12.5 Å². The van der Waals surface area contributed by atoms with Crippen LogP contribution in [0.3, 0.4) is 0 Å². The molecule has 2 rings (SSSR count). The Bertz CT molecular complexity index is 530. The molecule has 1 amide bonds. The second-order valence-corrected chi connectivity index (χ2v) is 4.94. The molecule has 1 saturated heterocycles. The van der Waals surface area contributed by atoms with Crippen molar-refractivity contribution in [1.82, 2.24) is 4.90 Å². The van der Waals surface area contributed by atoms with E-state index in [2.05, 4.69) is 0 Å². The van der Waals surface area contributed by atoms with E-state index in [0.717, 1.165) is 0 Å². The number of rotatable bonds is 2. The highest BCUT2D eigenvalue weighted by molar-refractivity contribution is 5.88. The van der Waals surface area contributed by atoms with E-state index < -0.39 is 30.0 Å². The fourth-order valence-electron chi connectivity index (χ4n) is 2.74. The van der Waals surface area contributed by atoms with Crippen LogP contribution in [0.15, 0.2) is 30.3 Å². The van der Waals surface area contributed by atoms with Crippen LogP contribution >= 0.6 is 0 Å². The number of likely N-dealkylation sites (tertiary alicyclic amines) is 1. The molecule has 7 heteroatoms. The topological polar surface area (TPSA) is 57.6 Å². The lowest BCUT2D eigenvalue weighted by Crippen LogP contribution is -2.55. The SMILES string of the molecule is O=C(O)[C@@H]1[C@@H](c2ccccc2)CCCN1C(=O)C(F)(F)F. The predicted octanol–water partition coefficient (Wildman–Crippen LogP) is 2.41. The van der Waals surface area contributed by atoms with Gasteiger partial charge in [0.15, 0.2) is 0 Å². The molecule has 0 aromatic heterocycles. The van der Waals surface area contributed by atoms with Crippen molar-refractivity contribution in [1.29, 1.82) is 0 Å². The Morgan fingerprint density at radius 2 is 1.81 bits per heavy atom. The Hall–Kier alpha value is -2.05. The molecule has 2 atom stereocenters. The molecule has 1 fully saturated rings. The summed E-state index contributed by atoms with van der Waals surface area (Å²) in [6.07, 6.45) is -4.29. The van der Waals surface area contributed by atoms with Crippen LogP contribution in [0.25, 0.3) is 0 Å². The summed E-state index contributed by atoms with van der Waals surface area (Å²) < 4.78 is 37.8. The highest BCUT2D eigenvalue weighted by atomic mass is 19.4. The maximum atomic E-state index is 12.6. The third-order valence-corrected chi connectivity index (χ3v) is 3.62. The summed E-state index contributed by atoms with van der Waals surface area (Å²) in [5, 5.41) is 9.29. The number of halogens is 3. The van der Waals surface area contributed by atoms with Gasteiger partial charge in [0.1, 0.15) is 6.04 Å². The van der Waals surface area contributed by atoms with Gasteiger partial charge in [-0.1, -0.05) is 30.3 Å². The molecule has 0 saturated carbocycles. The number of carboxylic acids is 1. The number of carboxylic acid groups (broad SMARTS) is 1. The van der Waals surface area contributed by atoms with Gasteiger partial charge in [0.2, 0.25) is 0 Å². The summed E-state index contributed by atoms with van der Waals surface area (Å²) in [4.78, 5) is 23.3. The quantitative estimate of drug-likeness (QED) is 0.912. The molecule has 1 aliphatic rings. The molecule has 21 heavy (non-hydrogen) atoms. The number of benzene rings is 1. The smallest absolute Gasteiger partial charge is 0.471 e. The van der Waals surface area contributed by atoms with Crippen LogP contribution < -0.4 is 0 Å². The molecule has 0 spiro atoms. The van der Waals surface area contributed by atoms with Gasteiger partial charge < -0.3 is 10.0 Å². The van der Waals surface area contributed by atoms with E-state index in [0.29, 0.717) is 23.3 Å². The normalized spacial score (nSPS) is 22.9. The van der Waals surface area contributed by atoms with Crippen molar-refractivity contribution in [2.45, 2.75) is 31.0 Å². The van der Waals surface area contributed by atoms with Crippen molar-refractivity contribution in [3.63, 3.8) is 0 Å². The van der Waals surface area contributed by atoms with Crippen molar-refractivity contribution < 1.29 is 27.9 Å². The Morgan fingerprint density at radius 1 is 1.19 bits per heavy atom. The van der Waals surface area contributed by atoms with Crippen molar-refractivity contribution >= 4 is 11.9 Å². The van der Waals surface area contributed by atoms with E-state index in [9.17, 15) is 27.9 Å². The van der Waals surface area contributed by atoms with Gasteiger partial charge in [-0.2, -0.15) is 13.2 Å². The molecule has 0 bridgehead atoms. The van der Waals surface area contributed by atoms with E-state index in [1.165, 1.54) is 0 Å². The second-order valence-electron chi connectivity index (χ2n) is 4.94. The van der Waals surface area contributed by atoms with Crippen molar-refractivity contribution in [2.75, 3.05) is 6.54 Å². The lowest BCUT2D eigenvalue weighted by molar-refractivity contribution is -0.191. The zero-order chi connectivity index (χ0) is 15.6. The van der Waals surface area contributed by atoms with E-state index >= 15 is 0 Å². The van der Waals surface area contributed by atoms with Crippen LogP contribution in [-0.4, -0.2) is 40.6 Å². The lowest BCUT2D eigenvalue weighted by atomic mass is 9.83. The number of amides is 1. The molecule has 114 valence electrons. The Kier molecular flexibility index (Phi) is 4.20. The number of carbonyl (C=O) groups is 2. The third-order valence-electron chi connectivity index (χ3n) is 3.62. The molecular weight excluding hydrogens is 287 g/mol. The number of alkyl halides is 3. The Morgan fingerprint density at radius 3 is 2.33 bits per heavy atom. The molecule has 0 aliphatic carbocycles. The lowest BCUT2D eigenvalue weighted by Gasteiger charge is -2.39. The first-order chi connectivity index (χ1) is 9.82. The third kappa shape index (κ3) is 3.17. The summed E-state index contributed by atoms with van der Waals surface area (Å²) in [6.45, 7) is -0.196. The van der Waals surface area contributed by atoms with Crippen molar-refractivity contribution in [2.24, 2.45) is 0 Å². The van der Waals surface area contributed by atoms with Crippen molar-refractivity contribution in [3.05, 3.63) is 35.9 Å². The first-order valence-electron chi connectivity index (χ1n) is 6.48. The minimum Gasteiger partial charge on any atom is -0.480 e. The summed E-state index contributed by atoms with van der Waals surface area (Å²) in [7, 11) is 0. The summed E-state index contributed by atoms with van der Waals surface area (Å²) in [5.74, 6) is -4.14. The minimum absolute atomic E-state index is 0.196. The molecule has 4 nitrogen and oxygen atoms in total. The molecular formula is C14H14F3NO3. The molecule has 1 aromatic carbocycles. The predicted molar refractivity (Wildman–Crippen MR) is 67.6 cm³/mol. The van der Waals surface area contributed by atoms with E-state index in [4.69, 9.17) is 0 Å². The van der Waals surface area contributed by atoms with Gasteiger partial charge in [-0.05, 0) is 18.4 Å². The van der Waals surface area contributed by atoms with Gasteiger partial charge in [-0.3, -0.25) is 4.79 Å². The fraction of sp³-hybridized carbons (Fsp3) is 0.429. The van der Waals surface area contributed by atoms with Crippen LogP contribution in [0, 0.1) is 0 Å². The molecule has 0 unspecified atom stereocenters. The zero-order valence-corrected chi connectivity index (χ0v) is 11.0. The van der Waals surface area contributed by atoms with Crippen LogP contribution in [-0.2, 0) is 9.59 Å². The van der Waals surface area contributed by atoms with Gasteiger partial charge in [-0.15, -0.1) is 0 Å². The summed E-state index contributed by atoms with van der Waals surface area (Å²) >= 11 is 0. The van der Waals surface area contributed by atoms with Gasteiger partial charge in [0.25, 0.3) is 0 Å². The highest BCUT2D eigenvalue weighted by Crippen LogP contribution is 2.35. The van der Waals surface area contributed by atoms with Crippen LogP contribution in [0.2, 0.25) is 0 Å². The summed E-state index contributed by atoms with van der Waals surface area (Å²) in [6, 6.07) is 6.97. The van der Waals surface area contributed by atoms with E-state index in [-0.39, 0.29) is 6.54 Å². The maximum Gasteiger partial charge on any atom is 0.471 e.